The minimum absolute atomic E-state index is 0.0291. The molecular weight excluding hydrogens is 216 g/mol. The third-order valence-corrected chi connectivity index (χ3v) is 3.27. The van der Waals surface area contributed by atoms with Gasteiger partial charge in [0.15, 0.2) is 0 Å². The third-order valence-electron chi connectivity index (χ3n) is 3.27. The van der Waals surface area contributed by atoms with E-state index in [0.717, 1.165) is 19.6 Å². The van der Waals surface area contributed by atoms with Crippen LogP contribution in [-0.4, -0.2) is 62.1 Å². The van der Waals surface area contributed by atoms with E-state index in [1.807, 2.05) is 13.8 Å². The van der Waals surface area contributed by atoms with Gasteiger partial charge >= 0.3 is 5.97 Å². The summed E-state index contributed by atoms with van der Waals surface area (Å²) in [4.78, 5) is 16.2. The Morgan fingerprint density at radius 1 is 1.41 bits per heavy atom. The maximum Gasteiger partial charge on any atom is 0.309 e. The van der Waals surface area contributed by atoms with E-state index in [1.54, 1.807) is 0 Å². The summed E-state index contributed by atoms with van der Waals surface area (Å²) in [5, 5.41) is 0. The zero-order valence-electron chi connectivity index (χ0n) is 11.4. The van der Waals surface area contributed by atoms with Crippen molar-refractivity contribution >= 4 is 5.97 Å². The van der Waals surface area contributed by atoms with E-state index < -0.39 is 0 Å². The Balaban J connectivity index is 2.14. The van der Waals surface area contributed by atoms with Gasteiger partial charge in [-0.15, -0.1) is 0 Å². The highest BCUT2D eigenvalue weighted by Gasteiger charge is 2.17. The summed E-state index contributed by atoms with van der Waals surface area (Å²) in [5.41, 5.74) is 0. The van der Waals surface area contributed by atoms with Crippen molar-refractivity contribution < 1.29 is 9.53 Å². The number of ether oxygens (including phenoxy) is 1. The maximum atomic E-state index is 11.5. The molecule has 0 aromatic rings. The molecule has 1 heterocycles. The van der Waals surface area contributed by atoms with Gasteiger partial charge in [-0.3, -0.25) is 4.79 Å². The molecular formula is C13H26N2O2. The summed E-state index contributed by atoms with van der Waals surface area (Å²) in [7, 11) is 2.08. The molecule has 1 aliphatic rings. The Bertz CT molecular complexity index is 227. The summed E-state index contributed by atoms with van der Waals surface area (Å²) in [6.45, 7) is 9.66. The molecule has 1 unspecified atom stereocenters. The van der Waals surface area contributed by atoms with Crippen molar-refractivity contribution in [2.24, 2.45) is 5.92 Å². The lowest BCUT2D eigenvalue weighted by Gasteiger charge is -2.23. The molecule has 1 atom stereocenters. The Hall–Kier alpha value is -0.610. The molecule has 0 spiro atoms. The van der Waals surface area contributed by atoms with Crippen LogP contribution in [0.25, 0.3) is 0 Å². The molecule has 0 bridgehead atoms. The smallest absolute Gasteiger partial charge is 0.309 e. The average Bonchev–Trinajstić information content (AvgIpc) is 2.79. The van der Waals surface area contributed by atoms with Crippen LogP contribution in [0.5, 0.6) is 0 Å². The first-order valence-corrected chi connectivity index (χ1v) is 6.71. The molecule has 0 aromatic carbocycles. The van der Waals surface area contributed by atoms with Crippen LogP contribution in [0.2, 0.25) is 0 Å². The summed E-state index contributed by atoms with van der Waals surface area (Å²) >= 11 is 0. The van der Waals surface area contributed by atoms with Crippen molar-refractivity contribution in [3.8, 4) is 0 Å². The Morgan fingerprint density at radius 3 is 2.65 bits per heavy atom. The molecule has 0 aromatic heterocycles. The van der Waals surface area contributed by atoms with Crippen molar-refractivity contribution in [2.75, 3.05) is 46.4 Å². The normalized spacial score (nSPS) is 18.6. The number of carbonyl (C=O) groups is 1. The number of esters is 1. The van der Waals surface area contributed by atoms with Crippen LogP contribution in [0.4, 0.5) is 0 Å². The van der Waals surface area contributed by atoms with Gasteiger partial charge in [0.25, 0.3) is 0 Å². The molecule has 17 heavy (non-hydrogen) atoms. The molecule has 100 valence electrons. The largest absolute Gasteiger partial charge is 0.466 e. The zero-order chi connectivity index (χ0) is 12.7. The van der Waals surface area contributed by atoms with Gasteiger partial charge < -0.3 is 14.5 Å². The summed E-state index contributed by atoms with van der Waals surface area (Å²) in [5.74, 6) is -0.112. The van der Waals surface area contributed by atoms with Gasteiger partial charge in [-0.1, -0.05) is 6.92 Å². The van der Waals surface area contributed by atoms with Gasteiger partial charge in [0.05, 0.1) is 12.5 Å². The number of likely N-dealkylation sites (N-methyl/N-ethyl adjacent to an activating group) is 1. The summed E-state index contributed by atoms with van der Waals surface area (Å²) < 4.78 is 5.01. The van der Waals surface area contributed by atoms with Crippen LogP contribution in [0.1, 0.15) is 26.7 Å². The minimum Gasteiger partial charge on any atom is -0.466 e. The van der Waals surface area contributed by atoms with Gasteiger partial charge in [-0.2, -0.15) is 0 Å². The van der Waals surface area contributed by atoms with Crippen LogP contribution >= 0.6 is 0 Å². The molecule has 1 aliphatic heterocycles. The van der Waals surface area contributed by atoms with Crippen molar-refractivity contribution in [1.82, 2.24) is 9.80 Å². The van der Waals surface area contributed by atoms with E-state index in [9.17, 15) is 4.79 Å². The van der Waals surface area contributed by atoms with E-state index in [1.165, 1.54) is 25.9 Å². The predicted molar refractivity (Wildman–Crippen MR) is 69.0 cm³/mol. The molecule has 1 saturated heterocycles. The summed E-state index contributed by atoms with van der Waals surface area (Å²) in [6.07, 6.45) is 2.67. The van der Waals surface area contributed by atoms with Gasteiger partial charge in [-0.25, -0.2) is 0 Å². The first-order chi connectivity index (χ1) is 8.13. The molecule has 1 rings (SSSR count). The van der Waals surface area contributed by atoms with Crippen LogP contribution in [0.3, 0.4) is 0 Å². The number of hydrogen-bond acceptors (Lipinski definition) is 4. The maximum absolute atomic E-state index is 11.5. The highest BCUT2D eigenvalue weighted by molar-refractivity contribution is 5.72. The fourth-order valence-electron chi connectivity index (χ4n) is 2.24. The fraction of sp³-hybridized carbons (Fsp3) is 0.923. The Morgan fingerprint density at radius 2 is 2.06 bits per heavy atom. The zero-order valence-corrected chi connectivity index (χ0v) is 11.4. The highest BCUT2D eigenvalue weighted by atomic mass is 16.5. The monoisotopic (exact) mass is 242 g/mol. The second-order valence-electron chi connectivity index (χ2n) is 4.96. The molecule has 0 aliphatic carbocycles. The van der Waals surface area contributed by atoms with E-state index in [2.05, 4.69) is 16.8 Å². The van der Waals surface area contributed by atoms with Crippen molar-refractivity contribution in [2.45, 2.75) is 26.7 Å². The lowest BCUT2D eigenvalue weighted by Crippen LogP contribution is -2.35. The van der Waals surface area contributed by atoms with E-state index in [0.29, 0.717) is 6.61 Å². The minimum atomic E-state index is -0.0828. The van der Waals surface area contributed by atoms with E-state index in [-0.39, 0.29) is 11.9 Å². The number of hydrogen-bond donors (Lipinski definition) is 0. The molecule has 0 amide bonds. The number of rotatable bonds is 7. The first kappa shape index (κ1) is 14.5. The van der Waals surface area contributed by atoms with Crippen molar-refractivity contribution in [1.29, 1.82) is 0 Å². The van der Waals surface area contributed by atoms with Crippen LogP contribution in [-0.2, 0) is 9.53 Å². The fourth-order valence-corrected chi connectivity index (χ4v) is 2.24. The van der Waals surface area contributed by atoms with Crippen LogP contribution in [0.15, 0.2) is 0 Å². The highest BCUT2D eigenvalue weighted by Crippen LogP contribution is 2.07. The second-order valence-corrected chi connectivity index (χ2v) is 4.96. The summed E-state index contributed by atoms with van der Waals surface area (Å²) in [6, 6.07) is 0. The lowest BCUT2D eigenvalue weighted by atomic mass is 10.2. The number of nitrogens with zero attached hydrogens (tertiary/aromatic N) is 2. The second kappa shape index (κ2) is 7.67. The Kier molecular flexibility index (Phi) is 6.52. The molecule has 1 fully saturated rings. The van der Waals surface area contributed by atoms with Gasteiger partial charge in [0, 0.05) is 19.6 Å². The van der Waals surface area contributed by atoms with Gasteiger partial charge in [0.1, 0.15) is 0 Å². The Labute approximate surface area is 105 Å². The number of likely N-dealkylation sites (tertiary alicyclic amines) is 1. The van der Waals surface area contributed by atoms with Crippen molar-refractivity contribution in [3.05, 3.63) is 0 Å². The molecule has 4 heteroatoms. The number of carbonyl (C=O) groups excluding carboxylic acids is 1. The molecule has 0 radical (unpaired) electrons. The molecule has 4 nitrogen and oxygen atoms in total. The third kappa shape index (κ3) is 5.50. The molecule has 0 saturated carbocycles. The lowest BCUT2D eigenvalue weighted by molar-refractivity contribution is -0.147. The van der Waals surface area contributed by atoms with Gasteiger partial charge in [-0.05, 0) is 39.9 Å². The average molecular weight is 242 g/mol. The van der Waals surface area contributed by atoms with Crippen LogP contribution < -0.4 is 0 Å². The SMILES string of the molecule is CCOC(=O)C(C)CN(C)CCN1CCCC1. The van der Waals surface area contributed by atoms with E-state index >= 15 is 0 Å². The van der Waals surface area contributed by atoms with E-state index in [4.69, 9.17) is 4.74 Å². The predicted octanol–water partition coefficient (Wildman–Crippen LogP) is 1.21. The quantitative estimate of drug-likeness (QED) is 0.628. The van der Waals surface area contributed by atoms with Crippen LogP contribution in [0, 0.1) is 5.92 Å². The van der Waals surface area contributed by atoms with Gasteiger partial charge in [0.2, 0.25) is 0 Å². The first-order valence-electron chi connectivity index (χ1n) is 6.71. The van der Waals surface area contributed by atoms with Crippen molar-refractivity contribution in [3.63, 3.8) is 0 Å². The standard InChI is InChI=1S/C13H26N2O2/c1-4-17-13(16)12(2)11-14(3)9-10-15-7-5-6-8-15/h12H,4-11H2,1-3H3. The topological polar surface area (TPSA) is 32.8 Å². The molecule has 0 N–H and O–H groups in total.